The number of aryl methyl sites for hydroxylation is 1. The first kappa shape index (κ1) is 22.8. The molecule has 0 bridgehead atoms. The zero-order valence-electron chi connectivity index (χ0n) is 18.4. The molecule has 2 aromatic heterocycles. The third-order valence-corrected chi connectivity index (χ3v) is 6.34. The van der Waals surface area contributed by atoms with Crippen LogP contribution in [0.15, 0.2) is 59.9 Å². The summed E-state index contributed by atoms with van der Waals surface area (Å²) in [6, 6.07) is 9.95. The molecule has 9 heteroatoms. The number of aliphatic hydroxyl groups excluding tert-OH is 1. The van der Waals surface area contributed by atoms with Crippen molar-refractivity contribution in [1.29, 1.82) is 0 Å². The van der Waals surface area contributed by atoms with Crippen molar-refractivity contribution in [3.63, 3.8) is 0 Å². The van der Waals surface area contributed by atoms with Gasteiger partial charge in [0.25, 0.3) is 5.91 Å². The van der Waals surface area contributed by atoms with Crippen LogP contribution in [0.5, 0.6) is 0 Å². The molecule has 0 aliphatic carbocycles. The molecule has 1 N–H and O–H groups in total. The highest BCUT2D eigenvalue weighted by Crippen LogP contribution is 2.28. The summed E-state index contributed by atoms with van der Waals surface area (Å²) in [5.41, 5.74) is 2.92. The van der Waals surface area contributed by atoms with Gasteiger partial charge in [0.1, 0.15) is 5.82 Å². The Morgan fingerprint density at radius 1 is 1.18 bits per heavy atom. The van der Waals surface area contributed by atoms with Gasteiger partial charge in [-0.25, -0.2) is 14.4 Å². The van der Waals surface area contributed by atoms with Crippen LogP contribution in [0.3, 0.4) is 0 Å². The van der Waals surface area contributed by atoms with Gasteiger partial charge in [-0.05, 0) is 31.2 Å². The molecule has 4 rings (SSSR count). The summed E-state index contributed by atoms with van der Waals surface area (Å²) < 4.78 is 28.3. The van der Waals surface area contributed by atoms with Crippen LogP contribution >= 0.6 is 0 Å². The first-order valence-corrected chi connectivity index (χ1v) is 11.8. The molecule has 4 aromatic rings. The minimum Gasteiger partial charge on any atom is -0.395 e. The van der Waals surface area contributed by atoms with Crippen LogP contribution in [-0.4, -0.2) is 61.1 Å². The number of aromatic nitrogens is 3. The number of carbonyl (C=O) groups is 1. The molecule has 1 amide bonds. The van der Waals surface area contributed by atoms with Gasteiger partial charge in [0.15, 0.2) is 0 Å². The van der Waals surface area contributed by atoms with Crippen LogP contribution in [0.4, 0.5) is 4.39 Å². The predicted molar refractivity (Wildman–Crippen MR) is 125 cm³/mol. The van der Waals surface area contributed by atoms with E-state index in [1.54, 1.807) is 66.8 Å². The third-order valence-electron chi connectivity index (χ3n) is 5.39. The molecule has 7 nitrogen and oxygen atoms in total. The number of hydrogen-bond acceptors (Lipinski definition) is 5. The summed E-state index contributed by atoms with van der Waals surface area (Å²) in [6.07, 6.45) is 6.35. The molecule has 2 heterocycles. The zero-order chi connectivity index (χ0) is 23.7. The Kier molecular flexibility index (Phi) is 6.35. The van der Waals surface area contributed by atoms with E-state index < -0.39 is 10.8 Å². The number of carbonyl (C=O) groups excluding carboxylic acids is 1. The van der Waals surface area contributed by atoms with Gasteiger partial charge in [0.05, 0.1) is 27.8 Å². The molecule has 0 saturated heterocycles. The number of aliphatic hydroxyl groups is 1. The molecule has 0 saturated carbocycles. The van der Waals surface area contributed by atoms with Gasteiger partial charge < -0.3 is 10.0 Å². The average Bonchev–Trinajstić information content (AvgIpc) is 3.19. The number of benzene rings is 2. The highest BCUT2D eigenvalue weighted by molar-refractivity contribution is 7.84. The van der Waals surface area contributed by atoms with Gasteiger partial charge >= 0.3 is 0 Å². The van der Waals surface area contributed by atoms with E-state index in [1.165, 1.54) is 11.0 Å². The topological polar surface area (TPSA) is 88.3 Å². The summed E-state index contributed by atoms with van der Waals surface area (Å²) in [5, 5.41) is 9.84. The molecule has 33 heavy (non-hydrogen) atoms. The van der Waals surface area contributed by atoms with Gasteiger partial charge in [0, 0.05) is 60.5 Å². The fourth-order valence-electron chi connectivity index (χ4n) is 3.64. The Hall–Kier alpha value is -3.43. The number of amides is 1. The standard InChI is InChI=1S/C24H23FN4O3S/c1-15-4-7-20(25)19(10-15)17-12-26-24(27-13-17)29-14-22(33(3)32)18-6-5-16(11-21(18)29)23(31)28(2)8-9-30/h4-7,10-14,30H,8-9H2,1-3H3. The number of rotatable bonds is 6. The van der Waals surface area contributed by atoms with Crippen LogP contribution in [0.1, 0.15) is 15.9 Å². The lowest BCUT2D eigenvalue weighted by Crippen LogP contribution is -2.29. The van der Waals surface area contributed by atoms with Gasteiger partial charge in [-0.3, -0.25) is 13.6 Å². The van der Waals surface area contributed by atoms with Crippen molar-refractivity contribution in [2.75, 3.05) is 26.5 Å². The maximum absolute atomic E-state index is 14.3. The second kappa shape index (κ2) is 9.21. The smallest absolute Gasteiger partial charge is 0.253 e. The van der Waals surface area contributed by atoms with Gasteiger partial charge in [-0.15, -0.1) is 0 Å². The van der Waals surface area contributed by atoms with Crippen molar-refractivity contribution < 1.29 is 18.5 Å². The number of hydrogen-bond donors (Lipinski definition) is 1. The van der Waals surface area contributed by atoms with Crippen molar-refractivity contribution in [3.8, 4) is 17.1 Å². The molecule has 0 fully saturated rings. The first-order chi connectivity index (χ1) is 15.8. The van der Waals surface area contributed by atoms with E-state index in [0.717, 1.165) is 10.9 Å². The Morgan fingerprint density at radius 2 is 1.91 bits per heavy atom. The van der Waals surface area contributed by atoms with Crippen molar-refractivity contribution >= 4 is 27.6 Å². The number of halogens is 1. The summed E-state index contributed by atoms with van der Waals surface area (Å²) in [6.45, 7) is 1.96. The number of nitrogens with zero attached hydrogens (tertiary/aromatic N) is 4. The SMILES string of the molecule is Cc1ccc(F)c(-c2cnc(-n3cc(S(C)=O)c4ccc(C(=O)N(C)CCO)cc43)nc2)c1. The third kappa shape index (κ3) is 4.42. The summed E-state index contributed by atoms with van der Waals surface area (Å²) in [7, 11) is 0.332. The summed E-state index contributed by atoms with van der Waals surface area (Å²) in [4.78, 5) is 23.6. The van der Waals surface area contributed by atoms with Crippen LogP contribution in [0, 0.1) is 12.7 Å². The second-order valence-corrected chi connectivity index (χ2v) is 9.10. The Morgan fingerprint density at radius 3 is 2.58 bits per heavy atom. The Labute approximate surface area is 193 Å². The van der Waals surface area contributed by atoms with Gasteiger partial charge in [0.2, 0.25) is 5.95 Å². The summed E-state index contributed by atoms with van der Waals surface area (Å²) >= 11 is 0. The molecule has 2 aromatic carbocycles. The van der Waals surface area contributed by atoms with Crippen LogP contribution in [-0.2, 0) is 10.8 Å². The fraction of sp³-hybridized carbons (Fsp3) is 0.208. The molecule has 170 valence electrons. The predicted octanol–water partition coefficient (Wildman–Crippen LogP) is 3.34. The minimum atomic E-state index is -1.28. The highest BCUT2D eigenvalue weighted by atomic mass is 32.2. The number of likely N-dealkylation sites (N-methyl/N-ethyl adjacent to an activating group) is 1. The molecular formula is C24H23FN4O3S. The minimum absolute atomic E-state index is 0.137. The lowest BCUT2D eigenvalue weighted by Gasteiger charge is -2.16. The molecule has 0 aliphatic rings. The van der Waals surface area contributed by atoms with Crippen molar-refractivity contribution in [1.82, 2.24) is 19.4 Å². The van der Waals surface area contributed by atoms with E-state index in [2.05, 4.69) is 9.97 Å². The van der Waals surface area contributed by atoms with Crippen LogP contribution in [0.25, 0.3) is 28.0 Å². The molecular weight excluding hydrogens is 443 g/mol. The fourth-order valence-corrected chi connectivity index (χ4v) is 4.38. The molecule has 1 atom stereocenters. The van der Waals surface area contributed by atoms with E-state index in [4.69, 9.17) is 5.11 Å². The molecule has 1 unspecified atom stereocenters. The van der Waals surface area contributed by atoms with E-state index in [1.807, 2.05) is 6.92 Å². The largest absolute Gasteiger partial charge is 0.395 e. The van der Waals surface area contributed by atoms with Crippen molar-refractivity contribution in [3.05, 3.63) is 71.9 Å². The molecule has 0 aliphatic heterocycles. The maximum atomic E-state index is 14.3. The lowest BCUT2D eigenvalue weighted by molar-refractivity contribution is 0.0767. The second-order valence-electron chi connectivity index (χ2n) is 7.75. The van der Waals surface area contributed by atoms with E-state index in [-0.39, 0.29) is 24.9 Å². The maximum Gasteiger partial charge on any atom is 0.253 e. The quantitative estimate of drug-likeness (QED) is 0.471. The van der Waals surface area contributed by atoms with Gasteiger partial charge in [-0.1, -0.05) is 17.7 Å². The average molecular weight is 467 g/mol. The van der Waals surface area contributed by atoms with Crippen molar-refractivity contribution in [2.24, 2.45) is 0 Å². The molecule has 0 radical (unpaired) electrons. The Balaban J connectivity index is 1.81. The molecule has 0 spiro atoms. The lowest BCUT2D eigenvalue weighted by atomic mass is 10.1. The highest BCUT2D eigenvalue weighted by Gasteiger charge is 2.18. The first-order valence-electron chi connectivity index (χ1n) is 10.2. The van der Waals surface area contributed by atoms with Crippen molar-refractivity contribution in [2.45, 2.75) is 11.8 Å². The van der Waals surface area contributed by atoms with E-state index in [0.29, 0.717) is 33.1 Å². The monoisotopic (exact) mass is 466 g/mol. The number of fused-ring (bicyclic) bond motifs is 1. The van der Waals surface area contributed by atoms with E-state index in [9.17, 15) is 13.4 Å². The van der Waals surface area contributed by atoms with Crippen LogP contribution < -0.4 is 0 Å². The van der Waals surface area contributed by atoms with Crippen LogP contribution in [0.2, 0.25) is 0 Å². The normalized spacial score (nSPS) is 12.2. The summed E-state index contributed by atoms with van der Waals surface area (Å²) in [5.74, 6) is -0.298. The van der Waals surface area contributed by atoms with E-state index >= 15 is 0 Å². The van der Waals surface area contributed by atoms with Gasteiger partial charge in [-0.2, -0.15) is 0 Å². The Bertz CT molecular complexity index is 1370. The zero-order valence-corrected chi connectivity index (χ0v) is 19.3.